The molecule has 33 heavy (non-hydrogen) atoms. The number of phenolic OH excluding ortho intramolecular Hbond substituents is 2. The van der Waals surface area contributed by atoms with Crippen molar-refractivity contribution in [2.75, 3.05) is 32.8 Å². The first-order chi connectivity index (χ1) is 15.8. The van der Waals surface area contributed by atoms with Gasteiger partial charge in [-0.3, -0.25) is 4.79 Å². The average molecular weight is 471 g/mol. The molecular formula is C23H22N2O7S. The number of piperazine rings is 1. The number of hydrogen-bond acceptors (Lipinski definition) is 7. The molecule has 0 radical (unpaired) electrons. The minimum Gasteiger partial charge on any atom is -0.507 e. The maximum atomic E-state index is 12.7. The molecule has 0 bridgehead atoms. The third kappa shape index (κ3) is 4.48. The van der Waals surface area contributed by atoms with Gasteiger partial charge in [0.25, 0.3) is 5.91 Å². The van der Waals surface area contributed by atoms with Crippen molar-refractivity contribution in [2.45, 2.75) is 4.90 Å². The second-order valence-electron chi connectivity index (χ2n) is 7.51. The van der Waals surface area contributed by atoms with E-state index in [-0.39, 0.29) is 53.5 Å². The number of sulfonamides is 1. The highest BCUT2D eigenvalue weighted by Gasteiger charge is 2.30. The average Bonchev–Trinajstić information content (AvgIpc) is 2.85. The Morgan fingerprint density at radius 2 is 1.48 bits per heavy atom. The van der Waals surface area contributed by atoms with Gasteiger partial charge in [0.2, 0.25) is 10.0 Å². The fourth-order valence-corrected chi connectivity index (χ4v) is 5.16. The monoisotopic (exact) mass is 470 g/mol. The molecular weight excluding hydrogens is 448 g/mol. The summed E-state index contributed by atoms with van der Waals surface area (Å²) in [6.07, 6.45) is 0. The highest BCUT2D eigenvalue weighted by Crippen LogP contribution is 2.35. The van der Waals surface area contributed by atoms with Crippen LogP contribution in [0.1, 0.15) is 10.4 Å². The Hall–Kier alpha value is -3.63. The molecule has 0 atom stereocenters. The molecule has 172 valence electrons. The van der Waals surface area contributed by atoms with Gasteiger partial charge in [-0.15, -0.1) is 0 Å². The van der Waals surface area contributed by atoms with Crippen LogP contribution in [0.25, 0.3) is 10.8 Å². The van der Waals surface area contributed by atoms with E-state index in [0.29, 0.717) is 5.39 Å². The van der Waals surface area contributed by atoms with Crippen LogP contribution in [0, 0.1) is 0 Å². The minimum absolute atomic E-state index is 0.121. The summed E-state index contributed by atoms with van der Waals surface area (Å²) in [6, 6.07) is 15.6. The topological polar surface area (TPSA) is 124 Å². The van der Waals surface area contributed by atoms with Crippen molar-refractivity contribution >= 4 is 32.7 Å². The first-order valence-electron chi connectivity index (χ1n) is 10.2. The van der Waals surface area contributed by atoms with Crippen LogP contribution >= 0.6 is 0 Å². The lowest BCUT2D eigenvalue weighted by Crippen LogP contribution is -2.51. The van der Waals surface area contributed by atoms with Crippen molar-refractivity contribution < 1.29 is 33.0 Å². The summed E-state index contributed by atoms with van der Waals surface area (Å²) in [5.41, 5.74) is -0.252. The number of carbonyl (C=O) groups is 2. The van der Waals surface area contributed by atoms with Crippen molar-refractivity contribution in [3.8, 4) is 11.5 Å². The van der Waals surface area contributed by atoms with Crippen LogP contribution in [-0.4, -0.2) is 72.5 Å². The number of benzene rings is 3. The van der Waals surface area contributed by atoms with Gasteiger partial charge in [0.05, 0.1) is 4.90 Å². The molecule has 1 aliphatic rings. The summed E-state index contributed by atoms with van der Waals surface area (Å²) in [6.45, 7) is -0.0152. The largest absolute Gasteiger partial charge is 0.507 e. The number of aromatic hydroxyl groups is 2. The van der Waals surface area contributed by atoms with Crippen molar-refractivity contribution in [2.24, 2.45) is 0 Å². The van der Waals surface area contributed by atoms with Gasteiger partial charge in [-0.2, -0.15) is 4.31 Å². The zero-order valence-electron chi connectivity index (χ0n) is 17.5. The van der Waals surface area contributed by atoms with Crippen molar-refractivity contribution in [3.05, 3.63) is 66.2 Å². The Morgan fingerprint density at radius 3 is 2.15 bits per heavy atom. The van der Waals surface area contributed by atoms with Crippen LogP contribution in [0.4, 0.5) is 0 Å². The van der Waals surface area contributed by atoms with Crippen LogP contribution < -0.4 is 0 Å². The van der Waals surface area contributed by atoms with Crippen molar-refractivity contribution in [1.82, 2.24) is 9.21 Å². The summed E-state index contributed by atoms with van der Waals surface area (Å²) in [4.78, 5) is 26.5. The molecule has 2 N–H and O–H groups in total. The lowest BCUT2D eigenvalue weighted by Gasteiger charge is -2.33. The summed E-state index contributed by atoms with van der Waals surface area (Å²) in [5, 5.41) is 21.2. The van der Waals surface area contributed by atoms with Crippen molar-refractivity contribution in [1.29, 1.82) is 0 Å². The quantitative estimate of drug-likeness (QED) is 0.431. The molecule has 4 rings (SSSR count). The molecule has 3 aromatic rings. The molecule has 9 nitrogen and oxygen atoms in total. The molecule has 0 aromatic heterocycles. The molecule has 0 unspecified atom stereocenters. The summed E-state index contributed by atoms with van der Waals surface area (Å²) in [7, 11) is -3.64. The second kappa shape index (κ2) is 9.08. The number of esters is 1. The maximum Gasteiger partial charge on any atom is 0.342 e. The molecule has 10 heteroatoms. The molecule has 3 aromatic carbocycles. The van der Waals surface area contributed by atoms with Crippen LogP contribution in [0.2, 0.25) is 0 Å². The number of nitrogens with zero attached hydrogens (tertiary/aromatic N) is 2. The summed E-state index contributed by atoms with van der Waals surface area (Å²) in [5.74, 6) is -1.98. The zero-order valence-corrected chi connectivity index (χ0v) is 18.4. The number of phenols is 2. The van der Waals surface area contributed by atoms with E-state index in [4.69, 9.17) is 4.74 Å². The Bertz CT molecular complexity index is 1300. The Labute approximate surface area is 190 Å². The molecule has 1 fully saturated rings. The number of fused-ring (bicyclic) bond motifs is 1. The third-order valence-electron chi connectivity index (χ3n) is 5.51. The maximum absolute atomic E-state index is 12.7. The SMILES string of the molecule is O=C(OCC(=O)N1CCN(S(=O)(=O)c2ccccc2)CC1)c1cc(O)c2ccccc2c1O. The third-order valence-corrected chi connectivity index (χ3v) is 7.43. The molecule has 1 heterocycles. The Kier molecular flexibility index (Phi) is 6.21. The highest BCUT2D eigenvalue weighted by molar-refractivity contribution is 7.89. The summed E-state index contributed by atoms with van der Waals surface area (Å²) < 4.78 is 31.8. The molecule has 0 saturated carbocycles. The van der Waals surface area contributed by atoms with E-state index in [1.807, 2.05) is 0 Å². The lowest BCUT2D eigenvalue weighted by atomic mass is 10.0. The fraction of sp³-hybridized carbons (Fsp3) is 0.217. The minimum atomic E-state index is -3.64. The Balaban J connectivity index is 1.36. The lowest BCUT2D eigenvalue weighted by molar-refractivity contribution is -0.135. The van der Waals surface area contributed by atoms with Gasteiger partial charge in [0, 0.05) is 37.0 Å². The number of amides is 1. The van der Waals surface area contributed by atoms with Gasteiger partial charge in [-0.05, 0) is 18.2 Å². The number of ether oxygens (including phenoxy) is 1. The van der Waals surface area contributed by atoms with Gasteiger partial charge in [-0.25, -0.2) is 13.2 Å². The molecule has 1 aliphatic heterocycles. The first-order valence-corrected chi connectivity index (χ1v) is 11.7. The molecule has 1 amide bonds. The fourth-order valence-electron chi connectivity index (χ4n) is 3.71. The van der Waals surface area contributed by atoms with Gasteiger partial charge in [0.15, 0.2) is 6.61 Å². The highest BCUT2D eigenvalue weighted by atomic mass is 32.2. The van der Waals surface area contributed by atoms with Gasteiger partial charge < -0.3 is 19.8 Å². The predicted octanol–water partition coefficient (Wildman–Crippen LogP) is 1.94. The van der Waals surface area contributed by atoms with Crippen LogP contribution in [-0.2, 0) is 19.6 Å². The van der Waals surface area contributed by atoms with E-state index >= 15 is 0 Å². The van der Waals surface area contributed by atoms with Gasteiger partial charge >= 0.3 is 5.97 Å². The van der Waals surface area contributed by atoms with Crippen molar-refractivity contribution in [3.63, 3.8) is 0 Å². The molecule has 0 aliphatic carbocycles. The summed E-state index contributed by atoms with van der Waals surface area (Å²) >= 11 is 0. The van der Waals surface area contributed by atoms with E-state index in [9.17, 15) is 28.2 Å². The van der Waals surface area contributed by atoms with E-state index in [1.54, 1.807) is 42.5 Å². The number of carbonyl (C=O) groups excluding carboxylic acids is 2. The smallest absolute Gasteiger partial charge is 0.342 e. The molecule has 0 spiro atoms. The molecule has 1 saturated heterocycles. The first kappa shape index (κ1) is 22.6. The van der Waals surface area contributed by atoms with Crippen LogP contribution in [0.3, 0.4) is 0 Å². The standard InChI is InChI=1S/C23H22N2O7S/c26-20-14-19(22(28)18-9-5-4-8-17(18)20)23(29)32-15-21(27)24-10-12-25(13-11-24)33(30,31)16-6-2-1-3-7-16/h1-9,14,26,28H,10-13,15H2. The van der Waals surface area contributed by atoms with E-state index in [0.717, 1.165) is 6.07 Å². The van der Waals surface area contributed by atoms with Gasteiger partial charge in [0.1, 0.15) is 17.1 Å². The number of hydrogen-bond donors (Lipinski definition) is 2. The zero-order chi connectivity index (χ0) is 23.6. The Morgan fingerprint density at radius 1 is 0.879 bits per heavy atom. The van der Waals surface area contributed by atoms with E-state index < -0.39 is 28.5 Å². The van der Waals surface area contributed by atoms with E-state index in [1.165, 1.54) is 21.3 Å². The van der Waals surface area contributed by atoms with Gasteiger partial charge in [-0.1, -0.05) is 42.5 Å². The number of rotatable bonds is 5. The van der Waals surface area contributed by atoms with Crippen LogP contribution in [0.15, 0.2) is 65.6 Å². The predicted molar refractivity (Wildman–Crippen MR) is 119 cm³/mol. The van der Waals surface area contributed by atoms with E-state index in [2.05, 4.69) is 0 Å². The second-order valence-corrected chi connectivity index (χ2v) is 9.45. The van der Waals surface area contributed by atoms with Crippen LogP contribution in [0.5, 0.6) is 11.5 Å². The normalized spacial score (nSPS) is 14.8.